The summed E-state index contributed by atoms with van der Waals surface area (Å²) < 4.78 is 16.9. The van der Waals surface area contributed by atoms with Gasteiger partial charge < -0.3 is 14.2 Å². The fraction of sp³-hybridized carbons (Fsp3) is 1.00. The van der Waals surface area contributed by atoms with E-state index in [9.17, 15) is 0 Å². The molecule has 1 heterocycles. The molecule has 3 heteroatoms. The number of ether oxygens (including phenoxy) is 3. The van der Waals surface area contributed by atoms with Crippen LogP contribution in [0.1, 0.15) is 96.8 Å². The standard InChI is InChI=1S/C20H40O3/c1-2-3-4-5-6-7-8-9-10-12-16-21-17-14-19-23-20-15-11-13-18-22-20/h20H,2-19H2,1H3. The zero-order valence-corrected chi connectivity index (χ0v) is 15.5. The summed E-state index contributed by atoms with van der Waals surface area (Å²) in [6, 6.07) is 0. The fourth-order valence-corrected chi connectivity index (χ4v) is 3.01. The van der Waals surface area contributed by atoms with Gasteiger partial charge in [0.1, 0.15) is 0 Å². The van der Waals surface area contributed by atoms with Gasteiger partial charge in [-0.25, -0.2) is 0 Å². The van der Waals surface area contributed by atoms with Crippen molar-refractivity contribution in [2.75, 3.05) is 26.4 Å². The van der Waals surface area contributed by atoms with E-state index in [1.165, 1.54) is 77.0 Å². The molecule has 23 heavy (non-hydrogen) atoms. The van der Waals surface area contributed by atoms with Gasteiger partial charge in [0, 0.05) is 19.8 Å². The van der Waals surface area contributed by atoms with Gasteiger partial charge >= 0.3 is 0 Å². The van der Waals surface area contributed by atoms with Crippen LogP contribution in [0.15, 0.2) is 0 Å². The Morgan fingerprint density at radius 3 is 2.04 bits per heavy atom. The minimum atomic E-state index is 0.0470. The largest absolute Gasteiger partial charge is 0.381 e. The van der Waals surface area contributed by atoms with Crippen LogP contribution in [0.2, 0.25) is 0 Å². The quantitative estimate of drug-likeness (QED) is 0.332. The minimum Gasteiger partial charge on any atom is -0.381 e. The lowest BCUT2D eigenvalue weighted by Gasteiger charge is -2.22. The van der Waals surface area contributed by atoms with Crippen LogP contribution in [0.4, 0.5) is 0 Å². The molecule has 0 radical (unpaired) electrons. The summed E-state index contributed by atoms with van der Waals surface area (Å²) in [4.78, 5) is 0. The van der Waals surface area contributed by atoms with Crippen LogP contribution in [0.3, 0.4) is 0 Å². The van der Waals surface area contributed by atoms with Gasteiger partial charge in [-0.3, -0.25) is 0 Å². The predicted molar refractivity (Wildman–Crippen MR) is 96.8 cm³/mol. The normalized spacial score (nSPS) is 18.4. The van der Waals surface area contributed by atoms with Crippen molar-refractivity contribution in [2.24, 2.45) is 0 Å². The molecule has 1 rings (SSSR count). The first kappa shape index (κ1) is 20.9. The molecule has 0 bridgehead atoms. The molecule has 0 amide bonds. The third kappa shape index (κ3) is 14.0. The Morgan fingerprint density at radius 1 is 0.739 bits per heavy atom. The Hall–Kier alpha value is -0.120. The fourth-order valence-electron chi connectivity index (χ4n) is 3.01. The van der Waals surface area contributed by atoms with Gasteiger partial charge in [0.2, 0.25) is 0 Å². The molecule has 1 unspecified atom stereocenters. The second kappa shape index (κ2) is 16.7. The molecule has 0 saturated carbocycles. The topological polar surface area (TPSA) is 27.7 Å². The first-order chi connectivity index (χ1) is 11.4. The highest BCUT2D eigenvalue weighted by molar-refractivity contribution is 4.54. The molecular weight excluding hydrogens is 288 g/mol. The van der Waals surface area contributed by atoms with Crippen LogP contribution in [-0.4, -0.2) is 32.7 Å². The van der Waals surface area contributed by atoms with Crippen molar-refractivity contribution >= 4 is 0 Å². The van der Waals surface area contributed by atoms with Gasteiger partial charge in [-0.2, -0.15) is 0 Å². The van der Waals surface area contributed by atoms with Crippen LogP contribution in [0, 0.1) is 0 Å². The molecule has 1 aliphatic rings. The van der Waals surface area contributed by atoms with Gasteiger partial charge in [0.15, 0.2) is 6.29 Å². The van der Waals surface area contributed by atoms with Crippen molar-refractivity contribution in [3.05, 3.63) is 0 Å². The van der Waals surface area contributed by atoms with E-state index in [4.69, 9.17) is 14.2 Å². The summed E-state index contributed by atoms with van der Waals surface area (Å²) in [6.45, 7) is 5.64. The second-order valence-electron chi connectivity index (χ2n) is 6.81. The van der Waals surface area contributed by atoms with Crippen molar-refractivity contribution < 1.29 is 14.2 Å². The van der Waals surface area contributed by atoms with Crippen LogP contribution in [0.5, 0.6) is 0 Å². The first-order valence-electron chi connectivity index (χ1n) is 10.2. The summed E-state index contributed by atoms with van der Waals surface area (Å²) in [6.07, 6.45) is 18.3. The molecule has 1 atom stereocenters. The van der Waals surface area contributed by atoms with Gasteiger partial charge in [-0.05, 0) is 32.1 Å². The van der Waals surface area contributed by atoms with E-state index in [0.717, 1.165) is 39.3 Å². The Labute approximate surface area is 144 Å². The maximum Gasteiger partial charge on any atom is 0.157 e. The molecule has 0 N–H and O–H groups in total. The second-order valence-corrected chi connectivity index (χ2v) is 6.81. The SMILES string of the molecule is CCCCCCCCCCCCOCCCOC1CCCCO1. The first-order valence-corrected chi connectivity index (χ1v) is 10.2. The Kier molecular flexibility index (Phi) is 15.2. The number of hydrogen-bond donors (Lipinski definition) is 0. The summed E-state index contributed by atoms with van der Waals surface area (Å²) in [5, 5.41) is 0. The van der Waals surface area contributed by atoms with Gasteiger partial charge in [-0.15, -0.1) is 0 Å². The van der Waals surface area contributed by atoms with E-state index >= 15 is 0 Å². The van der Waals surface area contributed by atoms with E-state index in [-0.39, 0.29) is 6.29 Å². The highest BCUT2D eigenvalue weighted by Gasteiger charge is 2.13. The number of rotatable bonds is 16. The molecule has 0 aliphatic carbocycles. The molecule has 3 nitrogen and oxygen atoms in total. The highest BCUT2D eigenvalue weighted by atomic mass is 16.7. The molecule has 1 saturated heterocycles. The summed E-state index contributed by atoms with van der Waals surface area (Å²) in [7, 11) is 0. The molecule has 1 fully saturated rings. The minimum absolute atomic E-state index is 0.0470. The lowest BCUT2D eigenvalue weighted by Crippen LogP contribution is -2.23. The van der Waals surface area contributed by atoms with Crippen molar-refractivity contribution in [2.45, 2.75) is 103 Å². The van der Waals surface area contributed by atoms with Gasteiger partial charge in [-0.1, -0.05) is 64.7 Å². The van der Waals surface area contributed by atoms with Gasteiger partial charge in [0.05, 0.1) is 6.61 Å². The number of unbranched alkanes of at least 4 members (excludes halogenated alkanes) is 9. The molecule has 0 aromatic heterocycles. The summed E-state index contributed by atoms with van der Waals surface area (Å²) >= 11 is 0. The van der Waals surface area contributed by atoms with Crippen molar-refractivity contribution in [3.8, 4) is 0 Å². The molecule has 0 aromatic rings. The molecular formula is C20H40O3. The van der Waals surface area contributed by atoms with Crippen molar-refractivity contribution in [1.82, 2.24) is 0 Å². The molecule has 138 valence electrons. The van der Waals surface area contributed by atoms with E-state index < -0.39 is 0 Å². The van der Waals surface area contributed by atoms with Crippen molar-refractivity contribution in [1.29, 1.82) is 0 Å². The maximum absolute atomic E-state index is 5.69. The zero-order chi connectivity index (χ0) is 16.4. The Bertz CT molecular complexity index is 227. The summed E-state index contributed by atoms with van der Waals surface area (Å²) in [5.41, 5.74) is 0. The third-order valence-corrected chi connectivity index (χ3v) is 4.52. The lowest BCUT2D eigenvalue weighted by molar-refractivity contribution is -0.164. The van der Waals surface area contributed by atoms with Crippen LogP contribution in [0.25, 0.3) is 0 Å². The van der Waals surface area contributed by atoms with E-state index in [2.05, 4.69) is 6.92 Å². The van der Waals surface area contributed by atoms with E-state index in [1.807, 2.05) is 0 Å². The lowest BCUT2D eigenvalue weighted by atomic mass is 10.1. The summed E-state index contributed by atoms with van der Waals surface area (Å²) in [5.74, 6) is 0. The maximum atomic E-state index is 5.69. The molecule has 0 spiro atoms. The van der Waals surface area contributed by atoms with E-state index in [0.29, 0.717) is 0 Å². The third-order valence-electron chi connectivity index (χ3n) is 4.52. The smallest absolute Gasteiger partial charge is 0.157 e. The van der Waals surface area contributed by atoms with Crippen LogP contribution < -0.4 is 0 Å². The number of hydrogen-bond acceptors (Lipinski definition) is 3. The van der Waals surface area contributed by atoms with E-state index in [1.54, 1.807) is 0 Å². The monoisotopic (exact) mass is 328 g/mol. The average molecular weight is 329 g/mol. The Morgan fingerprint density at radius 2 is 1.39 bits per heavy atom. The predicted octanol–water partition coefficient (Wildman–Crippen LogP) is 5.86. The van der Waals surface area contributed by atoms with Crippen LogP contribution in [-0.2, 0) is 14.2 Å². The Balaban J connectivity index is 1.67. The highest BCUT2D eigenvalue weighted by Crippen LogP contribution is 2.14. The average Bonchev–Trinajstić information content (AvgIpc) is 2.59. The van der Waals surface area contributed by atoms with Gasteiger partial charge in [0.25, 0.3) is 0 Å². The molecule has 1 aliphatic heterocycles. The molecule has 0 aromatic carbocycles. The van der Waals surface area contributed by atoms with Crippen molar-refractivity contribution in [3.63, 3.8) is 0 Å². The van der Waals surface area contributed by atoms with Crippen LogP contribution >= 0.6 is 0 Å². The zero-order valence-electron chi connectivity index (χ0n) is 15.5.